The molecule has 1 saturated carbocycles. The van der Waals surface area contributed by atoms with Crippen molar-refractivity contribution in [1.29, 1.82) is 0 Å². The van der Waals surface area contributed by atoms with E-state index in [-0.39, 0.29) is 36.3 Å². The van der Waals surface area contributed by atoms with Crippen LogP contribution in [0.2, 0.25) is 25.7 Å². The van der Waals surface area contributed by atoms with Gasteiger partial charge < -0.3 is 19.3 Å². The third-order valence-electron chi connectivity index (χ3n) is 6.27. The Morgan fingerprint density at radius 2 is 2.15 bits per heavy atom. The lowest BCUT2D eigenvalue weighted by molar-refractivity contribution is -0.193. The lowest BCUT2D eigenvalue weighted by atomic mass is 9.62. The molecule has 2 fully saturated rings. The predicted molar refractivity (Wildman–Crippen MR) is 107 cm³/mol. The fourth-order valence-electron chi connectivity index (χ4n) is 4.67. The number of hydrogen-bond donors (Lipinski definition) is 1. The summed E-state index contributed by atoms with van der Waals surface area (Å²) in [6.07, 6.45) is 5.93. The Kier molecular flexibility index (Phi) is 5.74. The van der Waals surface area contributed by atoms with Crippen LogP contribution >= 0.6 is 0 Å². The van der Waals surface area contributed by atoms with E-state index >= 15 is 0 Å². The molecule has 2 bridgehead atoms. The lowest BCUT2D eigenvalue weighted by Gasteiger charge is -2.48. The van der Waals surface area contributed by atoms with Gasteiger partial charge in [-0.05, 0) is 31.7 Å². The molecule has 0 aromatic carbocycles. The molecule has 5 nitrogen and oxygen atoms in total. The molecule has 0 radical (unpaired) electrons. The first-order valence-electron chi connectivity index (χ1n) is 10.0. The lowest BCUT2D eigenvalue weighted by Crippen LogP contribution is -2.53. The van der Waals surface area contributed by atoms with Crippen LogP contribution in [0.4, 0.5) is 0 Å². The van der Waals surface area contributed by atoms with E-state index in [1.165, 1.54) is 0 Å². The van der Waals surface area contributed by atoms with Gasteiger partial charge in [-0.3, -0.25) is 0 Å². The Balaban J connectivity index is 1.75. The molecule has 6 heteroatoms. The molecule has 5 atom stereocenters. The van der Waals surface area contributed by atoms with Crippen LogP contribution in [-0.2, 0) is 19.0 Å². The topological polar surface area (TPSA) is 65.0 Å². The molecule has 152 valence electrons. The van der Waals surface area contributed by atoms with Crippen molar-refractivity contribution in [2.24, 2.45) is 11.3 Å². The van der Waals surface area contributed by atoms with Crippen LogP contribution in [0.3, 0.4) is 0 Å². The highest BCUT2D eigenvalue weighted by atomic mass is 28.3. The molecule has 1 saturated heterocycles. The maximum atomic E-state index is 12.2. The van der Waals surface area contributed by atoms with Crippen molar-refractivity contribution in [3.63, 3.8) is 0 Å². The second kappa shape index (κ2) is 7.47. The van der Waals surface area contributed by atoms with Gasteiger partial charge in [-0.2, -0.15) is 0 Å². The number of esters is 1. The molecule has 1 heterocycles. The predicted octanol–water partition coefficient (Wildman–Crippen LogP) is 3.66. The van der Waals surface area contributed by atoms with Crippen molar-refractivity contribution in [3.8, 4) is 0 Å². The molecule has 2 aliphatic carbocycles. The maximum absolute atomic E-state index is 12.2. The summed E-state index contributed by atoms with van der Waals surface area (Å²) in [4.78, 5) is 12.2. The standard InChI is InChI=1S/C21H34O5Si/c1-15-16-7-10-21(23)9-6-8-20(2,13-21)18(17(16)26-19(15)22)25-14-24-11-12-27(3,4)5/h6,9,16-18,23H,1,7-8,10-14H2,2-5H3/t16-,17+,18-,20+,21-/m0/s1. The van der Waals surface area contributed by atoms with Crippen molar-refractivity contribution in [1.82, 2.24) is 0 Å². The quantitative estimate of drug-likeness (QED) is 0.186. The summed E-state index contributed by atoms with van der Waals surface area (Å²) < 4.78 is 17.7. The second-order valence-electron chi connectivity index (χ2n) is 10.0. The number of hydrogen-bond acceptors (Lipinski definition) is 5. The number of carbonyl (C=O) groups excluding carboxylic acids is 1. The average Bonchev–Trinajstić information content (AvgIpc) is 2.81. The van der Waals surface area contributed by atoms with Gasteiger partial charge in [0.15, 0.2) is 0 Å². The number of allylic oxidation sites excluding steroid dienone is 1. The summed E-state index contributed by atoms with van der Waals surface area (Å²) in [6, 6.07) is 1.08. The maximum Gasteiger partial charge on any atom is 0.334 e. The van der Waals surface area contributed by atoms with E-state index in [1.807, 2.05) is 12.2 Å². The molecule has 3 rings (SSSR count). The van der Waals surface area contributed by atoms with Gasteiger partial charge in [-0.25, -0.2) is 4.79 Å². The summed E-state index contributed by atoms with van der Waals surface area (Å²) in [5.41, 5.74) is -0.672. The number of fused-ring (bicyclic) bond motifs is 3. The van der Waals surface area contributed by atoms with Gasteiger partial charge >= 0.3 is 5.97 Å². The van der Waals surface area contributed by atoms with Crippen LogP contribution < -0.4 is 0 Å². The van der Waals surface area contributed by atoms with Gasteiger partial charge in [0.2, 0.25) is 0 Å². The van der Waals surface area contributed by atoms with Gasteiger partial charge in [0, 0.05) is 31.6 Å². The monoisotopic (exact) mass is 394 g/mol. The van der Waals surface area contributed by atoms with E-state index in [1.54, 1.807) is 0 Å². The number of rotatable bonds is 6. The van der Waals surface area contributed by atoms with E-state index < -0.39 is 13.7 Å². The molecule has 1 N–H and O–H groups in total. The van der Waals surface area contributed by atoms with Crippen molar-refractivity contribution in [2.75, 3.05) is 13.4 Å². The van der Waals surface area contributed by atoms with E-state index in [2.05, 4.69) is 33.1 Å². The summed E-state index contributed by atoms with van der Waals surface area (Å²) in [7, 11) is -1.15. The Bertz CT molecular complexity index is 625. The van der Waals surface area contributed by atoms with Crippen molar-refractivity contribution in [3.05, 3.63) is 24.3 Å². The van der Waals surface area contributed by atoms with Gasteiger partial charge in [-0.1, -0.05) is 45.3 Å². The molecule has 0 unspecified atom stereocenters. The van der Waals surface area contributed by atoms with E-state index in [4.69, 9.17) is 14.2 Å². The summed E-state index contributed by atoms with van der Waals surface area (Å²) >= 11 is 0. The SMILES string of the molecule is C=C1C(=O)O[C@@H]2[C@H]1CC[C@@]1(O)C=CC[C@](C)(C1)[C@H]2OCOCC[Si](C)(C)C. The van der Waals surface area contributed by atoms with Crippen LogP contribution in [0, 0.1) is 11.3 Å². The first-order chi connectivity index (χ1) is 12.5. The zero-order chi connectivity index (χ0) is 19.9. The molecule has 0 amide bonds. The largest absolute Gasteiger partial charge is 0.456 e. The van der Waals surface area contributed by atoms with E-state index in [0.29, 0.717) is 31.4 Å². The minimum atomic E-state index is -1.15. The zero-order valence-electron chi connectivity index (χ0n) is 17.1. The van der Waals surface area contributed by atoms with Gasteiger partial charge in [0.1, 0.15) is 19.0 Å². The second-order valence-corrected chi connectivity index (χ2v) is 15.6. The van der Waals surface area contributed by atoms with Gasteiger partial charge in [-0.15, -0.1) is 0 Å². The van der Waals surface area contributed by atoms with Crippen LogP contribution in [-0.4, -0.2) is 50.4 Å². The summed E-state index contributed by atoms with van der Waals surface area (Å²) in [5, 5.41) is 11.0. The zero-order valence-corrected chi connectivity index (χ0v) is 18.1. The Hall–Kier alpha value is -0.953. The molecule has 27 heavy (non-hydrogen) atoms. The molecule has 1 aliphatic heterocycles. The molecule has 3 aliphatic rings. The van der Waals surface area contributed by atoms with Gasteiger partial charge in [0.25, 0.3) is 0 Å². The normalized spacial score (nSPS) is 38.9. The average molecular weight is 395 g/mol. The Labute approximate surface area is 163 Å². The van der Waals surface area contributed by atoms with Crippen molar-refractivity contribution < 1.29 is 24.1 Å². The van der Waals surface area contributed by atoms with E-state index in [0.717, 1.165) is 12.5 Å². The Morgan fingerprint density at radius 1 is 1.41 bits per heavy atom. The van der Waals surface area contributed by atoms with E-state index in [9.17, 15) is 9.90 Å². The third kappa shape index (κ3) is 4.55. The molecule has 0 aromatic heterocycles. The fraction of sp³-hybridized carbons (Fsp3) is 0.762. The smallest absolute Gasteiger partial charge is 0.334 e. The van der Waals surface area contributed by atoms with Crippen LogP contribution in [0.5, 0.6) is 0 Å². The number of carbonyl (C=O) groups is 1. The first kappa shape index (κ1) is 20.8. The molecular formula is C21H34O5Si. The number of ether oxygens (including phenoxy) is 3. The van der Waals surface area contributed by atoms with Gasteiger partial charge in [0.05, 0.1) is 5.60 Å². The molecule has 0 aromatic rings. The third-order valence-corrected chi connectivity index (χ3v) is 7.98. The minimum Gasteiger partial charge on any atom is -0.456 e. The summed E-state index contributed by atoms with van der Waals surface area (Å²) in [6.45, 7) is 13.9. The highest BCUT2D eigenvalue weighted by Gasteiger charge is 2.55. The van der Waals surface area contributed by atoms with Crippen LogP contribution in [0.15, 0.2) is 24.3 Å². The molecule has 0 spiro atoms. The highest BCUT2D eigenvalue weighted by Crippen LogP contribution is 2.50. The van der Waals surface area contributed by atoms with Crippen molar-refractivity contribution in [2.45, 2.75) is 76.1 Å². The molecular weight excluding hydrogens is 360 g/mol. The Morgan fingerprint density at radius 3 is 2.85 bits per heavy atom. The highest BCUT2D eigenvalue weighted by molar-refractivity contribution is 6.76. The van der Waals surface area contributed by atoms with Crippen LogP contribution in [0.1, 0.15) is 32.6 Å². The van der Waals surface area contributed by atoms with Crippen molar-refractivity contribution >= 4 is 14.0 Å². The van der Waals surface area contributed by atoms with Crippen LogP contribution in [0.25, 0.3) is 0 Å². The number of aliphatic hydroxyl groups is 1. The summed E-state index contributed by atoms with van der Waals surface area (Å²) in [5.74, 6) is -0.444. The fourth-order valence-corrected chi connectivity index (χ4v) is 5.42. The first-order valence-corrected chi connectivity index (χ1v) is 13.7. The minimum absolute atomic E-state index is 0.109.